The Kier molecular flexibility index (Phi) is 5.75. The van der Waals surface area contributed by atoms with E-state index in [1.807, 2.05) is 76.4 Å². The predicted octanol–water partition coefficient (Wildman–Crippen LogP) is 5.05. The number of nitrogen functional groups attached to an aromatic ring is 1. The molecular weight excluding hydrogens is 444 g/mol. The number of amides is 1. The number of fused-ring (bicyclic) bond motifs is 1. The second-order valence-electron chi connectivity index (χ2n) is 8.17. The Morgan fingerprint density at radius 1 is 1.18 bits per heavy atom. The van der Waals surface area contributed by atoms with Crippen molar-refractivity contribution < 1.29 is 4.79 Å². The van der Waals surface area contributed by atoms with Crippen molar-refractivity contribution in [1.29, 1.82) is 0 Å². The summed E-state index contributed by atoms with van der Waals surface area (Å²) in [5.74, 6) is 1.08. The third kappa shape index (κ3) is 3.60. The number of nitrogens with two attached hydrogens (primary N) is 1. The number of carbonyl (C=O) groups excluding carboxylic acids is 1. The summed E-state index contributed by atoms with van der Waals surface area (Å²) in [5.41, 5.74) is 10.8. The first-order chi connectivity index (χ1) is 16.6. The molecule has 3 heterocycles. The number of likely N-dealkylation sites (tertiary alicyclic amines) is 1. The van der Waals surface area contributed by atoms with E-state index in [-0.39, 0.29) is 5.91 Å². The maximum atomic E-state index is 12.7. The molecule has 3 N–H and O–H groups in total. The van der Waals surface area contributed by atoms with Crippen LogP contribution in [0.5, 0.6) is 0 Å². The van der Waals surface area contributed by atoms with Crippen LogP contribution in [-0.2, 0) is 9.67 Å². The number of nitrogens with zero attached hydrogens (tertiary/aromatic N) is 4. The maximum Gasteiger partial charge on any atom is 0.247 e. The Hall–Kier alpha value is -3.78. The first kappa shape index (κ1) is 22.0. The predicted molar refractivity (Wildman–Crippen MR) is 139 cm³/mol. The first-order valence-electron chi connectivity index (χ1n) is 11.1. The third-order valence-corrected chi connectivity index (χ3v) is 7.55. The number of imidazole rings is 1. The zero-order valence-corrected chi connectivity index (χ0v) is 19.8. The average Bonchev–Trinajstić information content (AvgIpc) is 3.48. The number of anilines is 3. The highest BCUT2D eigenvalue weighted by molar-refractivity contribution is 7.99. The standard InChI is InChI=1S/C26H26N6OS/c1-3-21(33)32-16-7-14-26(32,34-2)25-30-22(23-24(27)28-15-17-31(23)25)18-10-12-20(13-11-18)29-19-8-5-4-6-9-19/h3-6,8-13,15,17,29H,1,7,14,16H2,2H3,(H2,27,28)/t26-/m1/s1. The van der Waals surface area contributed by atoms with Crippen molar-refractivity contribution in [2.45, 2.75) is 17.7 Å². The van der Waals surface area contributed by atoms with Gasteiger partial charge in [0.15, 0.2) is 5.82 Å². The van der Waals surface area contributed by atoms with Crippen molar-refractivity contribution in [3.63, 3.8) is 0 Å². The molecule has 7 nitrogen and oxygen atoms in total. The van der Waals surface area contributed by atoms with Crippen LogP contribution in [-0.4, -0.2) is 38.0 Å². The van der Waals surface area contributed by atoms with Crippen LogP contribution in [0.25, 0.3) is 16.8 Å². The number of hydrogen-bond donors (Lipinski definition) is 2. The minimum absolute atomic E-state index is 0.0940. The van der Waals surface area contributed by atoms with Crippen molar-refractivity contribution in [2.75, 3.05) is 23.9 Å². The van der Waals surface area contributed by atoms with Gasteiger partial charge in [-0.1, -0.05) is 36.9 Å². The Morgan fingerprint density at radius 3 is 2.62 bits per heavy atom. The van der Waals surface area contributed by atoms with Gasteiger partial charge in [-0.15, -0.1) is 11.8 Å². The molecule has 5 rings (SSSR count). The molecule has 1 aliphatic heterocycles. The van der Waals surface area contributed by atoms with E-state index in [9.17, 15) is 4.79 Å². The third-order valence-electron chi connectivity index (χ3n) is 6.26. The zero-order valence-electron chi connectivity index (χ0n) is 18.9. The van der Waals surface area contributed by atoms with Gasteiger partial charge < -0.3 is 16.0 Å². The van der Waals surface area contributed by atoms with E-state index in [0.29, 0.717) is 12.4 Å². The summed E-state index contributed by atoms with van der Waals surface area (Å²) in [5, 5.41) is 3.40. The van der Waals surface area contributed by atoms with Crippen LogP contribution in [0.2, 0.25) is 0 Å². The molecule has 1 atom stereocenters. The Bertz CT molecular complexity index is 1350. The van der Waals surface area contributed by atoms with Crippen molar-refractivity contribution in [2.24, 2.45) is 0 Å². The summed E-state index contributed by atoms with van der Waals surface area (Å²) >= 11 is 1.62. The lowest BCUT2D eigenvalue weighted by Gasteiger charge is -2.35. The van der Waals surface area contributed by atoms with Gasteiger partial charge in [0.05, 0.1) is 0 Å². The lowest BCUT2D eigenvalue weighted by molar-refractivity contribution is -0.127. The van der Waals surface area contributed by atoms with Gasteiger partial charge in [-0.2, -0.15) is 0 Å². The summed E-state index contributed by atoms with van der Waals surface area (Å²) in [6, 6.07) is 18.1. The van der Waals surface area contributed by atoms with Gasteiger partial charge in [-0.3, -0.25) is 9.20 Å². The van der Waals surface area contributed by atoms with Gasteiger partial charge in [-0.05, 0) is 49.4 Å². The van der Waals surface area contributed by atoms with Crippen LogP contribution in [0.1, 0.15) is 18.7 Å². The molecule has 0 aliphatic carbocycles. The van der Waals surface area contributed by atoms with Crippen molar-refractivity contribution in [3.05, 3.63) is 85.5 Å². The minimum Gasteiger partial charge on any atom is -0.382 e. The second-order valence-corrected chi connectivity index (χ2v) is 9.25. The van der Waals surface area contributed by atoms with Gasteiger partial charge >= 0.3 is 0 Å². The van der Waals surface area contributed by atoms with E-state index in [1.54, 1.807) is 18.0 Å². The summed E-state index contributed by atoms with van der Waals surface area (Å²) in [7, 11) is 0. The quantitative estimate of drug-likeness (QED) is 0.384. The minimum atomic E-state index is -0.602. The van der Waals surface area contributed by atoms with Gasteiger partial charge in [0, 0.05) is 35.9 Å². The fraction of sp³-hybridized carbons (Fsp3) is 0.192. The summed E-state index contributed by atoms with van der Waals surface area (Å²) in [6.07, 6.45) is 8.63. The highest BCUT2D eigenvalue weighted by atomic mass is 32.2. The van der Waals surface area contributed by atoms with E-state index >= 15 is 0 Å². The van der Waals surface area contributed by atoms with Crippen molar-refractivity contribution in [3.8, 4) is 11.3 Å². The monoisotopic (exact) mass is 470 g/mol. The highest BCUT2D eigenvalue weighted by Crippen LogP contribution is 2.48. The van der Waals surface area contributed by atoms with Gasteiger partial charge in [-0.25, -0.2) is 9.97 Å². The number of carbonyl (C=O) groups is 1. The number of thioether (sulfide) groups is 1. The molecule has 0 saturated carbocycles. The zero-order chi connectivity index (χ0) is 23.7. The molecule has 34 heavy (non-hydrogen) atoms. The number of nitrogens with one attached hydrogen (secondary N) is 1. The van der Waals surface area contributed by atoms with Crippen LogP contribution >= 0.6 is 11.8 Å². The summed E-state index contributed by atoms with van der Waals surface area (Å²) < 4.78 is 1.99. The number of rotatable bonds is 6. The number of hydrogen-bond acceptors (Lipinski definition) is 6. The van der Waals surface area contributed by atoms with Crippen LogP contribution in [0, 0.1) is 0 Å². The summed E-state index contributed by atoms with van der Waals surface area (Å²) in [6.45, 7) is 4.37. The summed E-state index contributed by atoms with van der Waals surface area (Å²) in [4.78, 5) is 23.4. The van der Waals surface area contributed by atoms with Gasteiger partial charge in [0.2, 0.25) is 5.91 Å². The van der Waals surface area contributed by atoms with E-state index in [1.165, 1.54) is 6.08 Å². The SMILES string of the molecule is C=CC(=O)N1CCC[C@@]1(SC)c1nc(-c2ccc(Nc3ccccc3)cc2)c2c(N)nccn12. The molecule has 0 unspecified atom stereocenters. The first-order valence-corrected chi connectivity index (χ1v) is 12.3. The van der Waals surface area contributed by atoms with E-state index in [4.69, 9.17) is 10.7 Å². The van der Waals surface area contributed by atoms with Crippen LogP contribution in [0.4, 0.5) is 17.2 Å². The smallest absolute Gasteiger partial charge is 0.247 e. The molecule has 8 heteroatoms. The Balaban J connectivity index is 1.61. The Labute approximate surface area is 202 Å². The van der Waals surface area contributed by atoms with Gasteiger partial charge in [0.25, 0.3) is 0 Å². The fourth-order valence-corrected chi connectivity index (χ4v) is 5.74. The van der Waals surface area contributed by atoms with Crippen molar-refractivity contribution >= 4 is 40.4 Å². The van der Waals surface area contributed by atoms with Crippen molar-refractivity contribution in [1.82, 2.24) is 19.3 Å². The molecule has 4 aromatic rings. The topological polar surface area (TPSA) is 88.5 Å². The molecule has 1 aliphatic rings. The van der Waals surface area contributed by atoms with Gasteiger partial charge in [0.1, 0.15) is 21.9 Å². The molecule has 1 amide bonds. The van der Waals surface area contributed by atoms with Crippen LogP contribution < -0.4 is 11.1 Å². The molecule has 2 aromatic carbocycles. The second kappa shape index (κ2) is 8.87. The average molecular weight is 471 g/mol. The Morgan fingerprint density at radius 2 is 1.91 bits per heavy atom. The molecule has 0 radical (unpaired) electrons. The van der Waals surface area contributed by atoms with E-state index < -0.39 is 4.87 Å². The van der Waals surface area contributed by atoms with Crippen LogP contribution in [0.15, 0.2) is 79.6 Å². The molecule has 1 fully saturated rings. The number of benzene rings is 2. The van der Waals surface area contributed by atoms with E-state index in [2.05, 4.69) is 16.9 Å². The lowest BCUT2D eigenvalue weighted by Crippen LogP contribution is -2.43. The van der Waals surface area contributed by atoms with E-state index in [0.717, 1.165) is 46.8 Å². The fourth-order valence-electron chi connectivity index (χ4n) is 4.67. The lowest BCUT2D eigenvalue weighted by atomic mass is 10.1. The molecular formula is C26H26N6OS. The molecule has 2 aromatic heterocycles. The largest absolute Gasteiger partial charge is 0.382 e. The number of para-hydroxylation sites is 1. The highest BCUT2D eigenvalue weighted by Gasteiger charge is 2.47. The number of aromatic nitrogens is 3. The molecule has 1 saturated heterocycles. The molecule has 172 valence electrons. The normalized spacial score (nSPS) is 17.7. The maximum absolute atomic E-state index is 12.7. The molecule has 0 spiro atoms. The molecule has 0 bridgehead atoms. The van der Waals surface area contributed by atoms with Crippen LogP contribution in [0.3, 0.4) is 0 Å².